The van der Waals surface area contributed by atoms with Gasteiger partial charge in [0.1, 0.15) is 22.5 Å². The molecule has 0 amide bonds. The van der Waals surface area contributed by atoms with E-state index in [1.54, 1.807) is 24.2 Å². The van der Waals surface area contributed by atoms with Crippen LogP contribution < -0.4 is 21.3 Å². The van der Waals surface area contributed by atoms with Crippen LogP contribution in [0.2, 0.25) is 0 Å². The summed E-state index contributed by atoms with van der Waals surface area (Å²) in [6, 6.07) is 11.2. The average molecular weight is 383 g/mol. The van der Waals surface area contributed by atoms with E-state index < -0.39 is 6.17 Å². The summed E-state index contributed by atoms with van der Waals surface area (Å²) >= 11 is 1.48. The number of rotatable bonds is 2. The first-order valence-electron chi connectivity index (χ1n) is 8.74. The lowest BCUT2D eigenvalue weighted by atomic mass is 10.1. The Balaban J connectivity index is 1.77. The van der Waals surface area contributed by atoms with Crippen molar-refractivity contribution in [3.05, 3.63) is 69.6 Å². The first-order chi connectivity index (χ1) is 12.9. The van der Waals surface area contributed by atoms with Crippen LogP contribution in [0.25, 0.3) is 0 Å². The van der Waals surface area contributed by atoms with Crippen LogP contribution in [-0.2, 0) is 0 Å². The highest BCUT2D eigenvalue weighted by Gasteiger charge is 2.40. The standard InChI is InChI=1S/C20H22FN5S/c1-11-7-8-14(9-15(11)21)25-10-24-19-17(18(25)22)26(20(23)27-19)16-12(2)5-4-6-13(16)3/h4-10,18,20H,22-23H2,1-3H3. The van der Waals surface area contributed by atoms with E-state index in [2.05, 4.69) is 35.9 Å². The zero-order chi connectivity index (χ0) is 19.3. The van der Waals surface area contributed by atoms with Crippen molar-refractivity contribution in [3.63, 3.8) is 0 Å². The molecule has 2 unspecified atom stereocenters. The van der Waals surface area contributed by atoms with Gasteiger partial charge in [-0.3, -0.25) is 0 Å². The molecular weight excluding hydrogens is 361 g/mol. The molecule has 2 aliphatic heterocycles. The minimum atomic E-state index is -0.514. The third-order valence-electron chi connectivity index (χ3n) is 4.98. The number of aryl methyl sites for hydroxylation is 3. The molecule has 2 heterocycles. The highest BCUT2D eigenvalue weighted by molar-refractivity contribution is 8.04. The van der Waals surface area contributed by atoms with Gasteiger partial charge in [0.15, 0.2) is 0 Å². The number of para-hydroxylation sites is 1. The van der Waals surface area contributed by atoms with Gasteiger partial charge in [-0.1, -0.05) is 36.0 Å². The Morgan fingerprint density at radius 2 is 1.74 bits per heavy atom. The molecule has 140 valence electrons. The minimum absolute atomic E-state index is 0.267. The zero-order valence-electron chi connectivity index (χ0n) is 15.5. The van der Waals surface area contributed by atoms with Crippen LogP contribution in [-0.4, -0.2) is 18.0 Å². The lowest BCUT2D eigenvalue weighted by molar-refractivity contribution is 0.617. The molecule has 4 N–H and O–H groups in total. The second-order valence-corrected chi connectivity index (χ2v) is 7.94. The zero-order valence-corrected chi connectivity index (χ0v) is 16.3. The molecule has 0 aliphatic carbocycles. The van der Waals surface area contributed by atoms with Crippen molar-refractivity contribution in [1.82, 2.24) is 0 Å². The highest BCUT2D eigenvalue weighted by Crippen LogP contribution is 2.45. The first-order valence-corrected chi connectivity index (χ1v) is 9.62. The van der Waals surface area contributed by atoms with Crippen LogP contribution in [0.15, 0.2) is 52.1 Å². The molecule has 2 aromatic carbocycles. The second kappa shape index (κ2) is 6.67. The highest BCUT2D eigenvalue weighted by atomic mass is 32.2. The van der Waals surface area contributed by atoms with E-state index in [0.29, 0.717) is 11.3 Å². The van der Waals surface area contributed by atoms with Crippen molar-refractivity contribution in [2.24, 2.45) is 16.5 Å². The molecular formula is C20H22FN5S. The molecule has 7 heteroatoms. The van der Waals surface area contributed by atoms with E-state index in [0.717, 1.165) is 27.5 Å². The van der Waals surface area contributed by atoms with Crippen molar-refractivity contribution in [2.75, 3.05) is 9.80 Å². The van der Waals surface area contributed by atoms with Crippen molar-refractivity contribution in [2.45, 2.75) is 32.4 Å². The molecule has 4 rings (SSSR count). The minimum Gasteiger partial charge on any atom is -0.314 e. The van der Waals surface area contributed by atoms with Gasteiger partial charge in [-0.15, -0.1) is 0 Å². The third kappa shape index (κ3) is 2.92. The number of nitrogens with zero attached hydrogens (tertiary/aromatic N) is 3. The molecule has 0 spiro atoms. The number of hydrogen-bond donors (Lipinski definition) is 2. The Kier molecular flexibility index (Phi) is 4.46. The Morgan fingerprint density at radius 1 is 1.04 bits per heavy atom. The summed E-state index contributed by atoms with van der Waals surface area (Å²) in [6.45, 7) is 5.85. The monoisotopic (exact) mass is 383 g/mol. The maximum absolute atomic E-state index is 14.1. The molecule has 5 nitrogen and oxygen atoms in total. The summed E-state index contributed by atoms with van der Waals surface area (Å²) in [5.74, 6) is -0.267. The van der Waals surface area contributed by atoms with Crippen molar-refractivity contribution < 1.29 is 4.39 Å². The van der Waals surface area contributed by atoms with Gasteiger partial charge >= 0.3 is 0 Å². The normalized spacial score (nSPS) is 21.9. The molecule has 2 atom stereocenters. The topological polar surface area (TPSA) is 70.9 Å². The van der Waals surface area contributed by atoms with Crippen LogP contribution in [0, 0.1) is 26.6 Å². The summed E-state index contributed by atoms with van der Waals surface area (Å²) in [4.78, 5) is 8.39. The molecule has 0 bridgehead atoms. The van der Waals surface area contributed by atoms with E-state index in [-0.39, 0.29) is 11.3 Å². The predicted octanol–water partition coefficient (Wildman–Crippen LogP) is 3.55. The Hall–Kier alpha value is -2.35. The number of halogens is 1. The Bertz CT molecular complexity index is 951. The summed E-state index contributed by atoms with van der Waals surface area (Å²) in [7, 11) is 0. The molecule has 2 aromatic rings. The quantitative estimate of drug-likeness (QED) is 0.830. The van der Waals surface area contributed by atoms with E-state index in [9.17, 15) is 4.39 Å². The number of aliphatic imine (C=N–C) groups is 1. The maximum Gasteiger partial charge on any atom is 0.136 e. The fourth-order valence-electron chi connectivity index (χ4n) is 3.55. The molecule has 0 aromatic heterocycles. The molecule has 0 saturated carbocycles. The number of benzene rings is 2. The number of thioether (sulfide) groups is 1. The number of anilines is 2. The lowest BCUT2D eigenvalue weighted by Crippen LogP contribution is -2.51. The second-order valence-electron chi connectivity index (χ2n) is 6.84. The summed E-state index contributed by atoms with van der Waals surface area (Å²) in [6.07, 6.45) is 1.14. The fourth-order valence-corrected chi connectivity index (χ4v) is 4.56. The third-order valence-corrected chi connectivity index (χ3v) is 5.97. The number of nitrogens with two attached hydrogens (primary N) is 2. The Morgan fingerprint density at radius 3 is 2.41 bits per heavy atom. The lowest BCUT2D eigenvalue weighted by Gasteiger charge is -2.36. The molecule has 0 radical (unpaired) electrons. The van der Waals surface area contributed by atoms with Gasteiger partial charge in [-0.05, 0) is 49.6 Å². The predicted molar refractivity (Wildman–Crippen MR) is 111 cm³/mol. The largest absolute Gasteiger partial charge is 0.314 e. The Labute approximate surface area is 162 Å². The molecule has 0 saturated heterocycles. The van der Waals surface area contributed by atoms with Gasteiger partial charge in [0.2, 0.25) is 0 Å². The van der Waals surface area contributed by atoms with Crippen LogP contribution in [0.1, 0.15) is 16.7 Å². The van der Waals surface area contributed by atoms with E-state index in [1.165, 1.54) is 17.8 Å². The van der Waals surface area contributed by atoms with Crippen LogP contribution in [0.3, 0.4) is 0 Å². The van der Waals surface area contributed by atoms with Gasteiger partial charge in [-0.25, -0.2) is 9.38 Å². The maximum atomic E-state index is 14.1. The van der Waals surface area contributed by atoms with Gasteiger partial charge in [0.05, 0.1) is 12.0 Å². The molecule has 0 fully saturated rings. The summed E-state index contributed by atoms with van der Waals surface area (Å²) < 4.78 is 14.1. The average Bonchev–Trinajstić information content (AvgIpc) is 2.95. The van der Waals surface area contributed by atoms with Gasteiger partial charge in [0.25, 0.3) is 0 Å². The van der Waals surface area contributed by atoms with Crippen molar-refractivity contribution in [3.8, 4) is 0 Å². The van der Waals surface area contributed by atoms with E-state index in [1.807, 2.05) is 12.1 Å². The van der Waals surface area contributed by atoms with Gasteiger partial charge < -0.3 is 21.3 Å². The van der Waals surface area contributed by atoms with Gasteiger partial charge in [0, 0.05) is 11.4 Å². The van der Waals surface area contributed by atoms with E-state index in [4.69, 9.17) is 11.5 Å². The first kappa shape index (κ1) is 18.0. The van der Waals surface area contributed by atoms with Crippen molar-refractivity contribution >= 4 is 29.5 Å². The van der Waals surface area contributed by atoms with Crippen molar-refractivity contribution in [1.29, 1.82) is 0 Å². The number of hydrogen-bond acceptors (Lipinski definition) is 6. The molecule has 27 heavy (non-hydrogen) atoms. The van der Waals surface area contributed by atoms with Crippen LogP contribution in [0.5, 0.6) is 0 Å². The molecule has 2 aliphatic rings. The van der Waals surface area contributed by atoms with Gasteiger partial charge in [-0.2, -0.15) is 0 Å². The van der Waals surface area contributed by atoms with E-state index >= 15 is 0 Å². The van der Waals surface area contributed by atoms with Crippen LogP contribution >= 0.6 is 11.8 Å². The summed E-state index contributed by atoms with van der Waals surface area (Å²) in [5, 5.41) is 0.807. The SMILES string of the molecule is Cc1ccc(N2C=NC3=C(C2N)N(c2c(C)cccc2C)C(N)S3)cc1F. The smallest absolute Gasteiger partial charge is 0.136 e. The van der Waals surface area contributed by atoms with Crippen LogP contribution in [0.4, 0.5) is 15.8 Å². The summed E-state index contributed by atoms with van der Waals surface area (Å²) in [5.41, 5.74) is 18.1. The fraction of sp³-hybridized carbons (Fsp3) is 0.250.